The molecule has 2 aliphatic heterocycles. The van der Waals surface area contributed by atoms with Crippen molar-refractivity contribution in [2.45, 2.75) is 25.7 Å². The summed E-state index contributed by atoms with van der Waals surface area (Å²) >= 11 is 0. The lowest BCUT2D eigenvalue weighted by Gasteiger charge is -2.47. The van der Waals surface area contributed by atoms with Crippen LogP contribution in [0.2, 0.25) is 0 Å². The van der Waals surface area contributed by atoms with Crippen molar-refractivity contribution in [1.82, 2.24) is 9.80 Å². The fraction of sp³-hybridized carbons (Fsp3) is 0.556. The Morgan fingerprint density at radius 3 is 2.67 bits per heavy atom. The topological polar surface area (TPSA) is 60.9 Å². The predicted octanol–water partition coefficient (Wildman–Crippen LogP) is 1.66. The third-order valence-corrected chi connectivity index (χ3v) is 5.30. The standard InChI is InChI=1S/C18H23FN2O3/c19-15-3-1-2-14(12-15)17(24)20-8-6-18(7-9-20)5-4-16(23)21(13-18)10-11-22/h1-3,12,22H,4-11,13H2. The third kappa shape index (κ3) is 3.43. The number of carbonyl (C=O) groups is 2. The van der Waals surface area contributed by atoms with E-state index in [1.165, 1.54) is 12.1 Å². The number of aliphatic hydroxyl groups excluding tert-OH is 1. The number of piperidine rings is 2. The molecule has 0 atom stereocenters. The molecule has 5 nitrogen and oxygen atoms in total. The van der Waals surface area contributed by atoms with Gasteiger partial charge >= 0.3 is 0 Å². The summed E-state index contributed by atoms with van der Waals surface area (Å²) in [7, 11) is 0. The van der Waals surface area contributed by atoms with Gasteiger partial charge in [-0.2, -0.15) is 0 Å². The van der Waals surface area contributed by atoms with Gasteiger partial charge < -0.3 is 14.9 Å². The van der Waals surface area contributed by atoms with Gasteiger partial charge in [-0.05, 0) is 42.9 Å². The lowest BCUT2D eigenvalue weighted by Crippen LogP contribution is -2.52. The maximum atomic E-state index is 13.3. The number of carbonyl (C=O) groups excluding carboxylic acids is 2. The van der Waals surface area contributed by atoms with E-state index in [0.717, 1.165) is 19.3 Å². The second-order valence-corrected chi connectivity index (χ2v) is 6.84. The highest BCUT2D eigenvalue weighted by Crippen LogP contribution is 2.40. The van der Waals surface area contributed by atoms with E-state index in [2.05, 4.69) is 0 Å². The van der Waals surface area contributed by atoms with Crippen molar-refractivity contribution in [1.29, 1.82) is 0 Å². The average molecular weight is 334 g/mol. The summed E-state index contributed by atoms with van der Waals surface area (Å²) < 4.78 is 13.3. The Labute approximate surface area is 141 Å². The molecule has 0 aliphatic carbocycles. The first-order chi connectivity index (χ1) is 11.5. The molecule has 2 heterocycles. The summed E-state index contributed by atoms with van der Waals surface area (Å²) in [6, 6.07) is 5.79. The van der Waals surface area contributed by atoms with Crippen LogP contribution in [-0.2, 0) is 4.79 Å². The van der Waals surface area contributed by atoms with Crippen LogP contribution >= 0.6 is 0 Å². The van der Waals surface area contributed by atoms with E-state index >= 15 is 0 Å². The Morgan fingerprint density at radius 1 is 1.25 bits per heavy atom. The highest BCUT2D eigenvalue weighted by molar-refractivity contribution is 5.94. The molecule has 0 bridgehead atoms. The smallest absolute Gasteiger partial charge is 0.253 e. The Bertz CT molecular complexity index is 626. The number of rotatable bonds is 3. The number of hydrogen-bond donors (Lipinski definition) is 1. The van der Waals surface area contributed by atoms with Crippen molar-refractivity contribution in [3.63, 3.8) is 0 Å². The van der Waals surface area contributed by atoms with E-state index in [1.807, 2.05) is 0 Å². The van der Waals surface area contributed by atoms with E-state index in [0.29, 0.717) is 38.2 Å². The number of likely N-dealkylation sites (tertiary alicyclic amines) is 2. The average Bonchev–Trinajstić information content (AvgIpc) is 2.59. The van der Waals surface area contributed by atoms with Gasteiger partial charge in [0.25, 0.3) is 5.91 Å². The van der Waals surface area contributed by atoms with Crippen LogP contribution in [0.3, 0.4) is 0 Å². The summed E-state index contributed by atoms with van der Waals surface area (Å²) in [4.78, 5) is 27.9. The van der Waals surface area contributed by atoms with Gasteiger partial charge in [0.15, 0.2) is 0 Å². The molecule has 0 unspecified atom stereocenters. The minimum absolute atomic E-state index is 0.0218. The van der Waals surface area contributed by atoms with Gasteiger partial charge in [0.1, 0.15) is 5.82 Å². The lowest BCUT2D eigenvalue weighted by atomic mass is 9.72. The minimum Gasteiger partial charge on any atom is -0.395 e. The van der Waals surface area contributed by atoms with Crippen LogP contribution in [-0.4, -0.2) is 59.5 Å². The molecule has 2 aliphatic rings. The maximum Gasteiger partial charge on any atom is 0.253 e. The molecule has 3 rings (SSSR count). The molecule has 0 aromatic heterocycles. The van der Waals surface area contributed by atoms with Gasteiger partial charge in [-0.15, -0.1) is 0 Å². The number of halogens is 1. The molecule has 24 heavy (non-hydrogen) atoms. The second-order valence-electron chi connectivity index (χ2n) is 6.84. The van der Waals surface area contributed by atoms with Crippen molar-refractivity contribution >= 4 is 11.8 Å². The second kappa shape index (κ2) is 6.89. The van der Waals surface area contributed by atoms with Crippen LogP contribution in [0.5, 0.6) is 0 Å². The van der Waals surface area contributed by atoms with Crippen LogP contribution in [0.15, 0.2) is 24.3 Å². The molecule has 130 valence electrons. The van der Waals surface area contributed by atoms with E-state index in [-0.39, 0.29) is 23.8 Å². The van der Waals surface area contributed by atoms with Crippen molar-refractivity contribution in [2.24, 2.45) is 5.41 Å². The zero-order valence-electron chi connectivity index (χ0n) is 13.7. The van der Waals surface area contributed by atoms with Crippen molar-refractivity contribution < 1.29 is 19.1 Å². The first-order valence-corrected chi connectivity index (χ1v) is 8.46. The fourth-order valence-electron chi connectivity index (χ4n) is 3.82. The molecule has 2 saturated heterocycles. The van der Waals surface area contributed by atoms with E-state index in [1.54, 1.807) is 21.9 Å². The van der Waals surface area contributed by atoms with E-state index in [9.17, 15) is 14.0 Å². The van der Waals surface area contributed by atoms with Crippen LogP contribution in [0.25, 0.3) is 0 Å². The predicted molar refractivity (Wildman–Crippen MR) is 86.9 cm³/mol. The highest BCUT2D eigenvalue weighted by Gasteiger charge is 2.41. The third-order valence-electron chi connectivity index (χ3n) is 5.30. The monoisotopic (exact) mass is 334 g/mol. The number of amides is 2. The Hall–Kier alpha value is -1.95. The van der Waals surface area contributed by atoms with Gasteiger partial charge in [0.2, 0.25) is 5.91 Å². The Kier molecular flexibility index (Phi) is 4.85. The summed E-state index contributed by atoms with van der Waals surface area (Å²) in [6.45, 7) is 2.26. The van der Waals surface area contributed by atoms with Gasteiger partial charge in [-0.25, -0.2) is 4.39 Å². The normalized spacial score (nSPS) is 20.5. The number of nitrogens with zero attached hydrogens (tertiary/aromatic N) is 2. The van der Waals surface area contributed by atoms with Crippen molar-refractivity contribution in [3.8, 4) is 0 Å². The zero-order chi connectivity index (χ0) is 17.2. The van der Waals surface area contributed by atoms with Gasteiger partial charge in [0.05, 0.1) is 6.61 Å². The minimum atomic E-state index is -0.403. The van der Waals surface area contributed by atoms with Crippen molar-refractivity contribution in [2.75, 3.05) is 32.8 Å². The first kappa shape index (κ1) is 16.9. The van der Waals surface area contributed by atoms with Gasteiger partial charge in [-0.1, -0.05) is 6.07 Å². The molecular weight excluding hydrogens is 311 g/mol. The summed E-state index contributed by atoms with van der Waals surface area (Å²) in [5.74, 6) is -0.434. The largest absolute Gasteiger partial charge is 0.395 e. The van der Waals surface area contributed by atoms with E-state index in [4.69, 9.17) is 5.11 Å². The number of hydrogen-bond acceptors (Lipinski definition) is 3. The molecule has 1 aromatic carbocycles. The molecule has 1 aromatic rings. The zero-order valence-corrected chi connectivity index (χ0v) is 13.7. The van der Waals surface area contributed by atoms with E-state index < -0.39 is 5.82 Å². The lowest BCUT2D eigenvalue weighted by molar-refractivity contribution is -0.139. The quantitative estimate of drug-likeness (QED) is 0.915. The molecule has 2 amide bonds. The maximum absolute atomic E-state index is 13.3. The SMILES string of the molecule is O=C1CCC2(CCN(C(=O)c3cccc(F)c3)CC2)CN1CCO. The van der Waals surface area contributed by atoms with Crippen LogP contribution < -0.4 is 0 Å². The van der Waals surface area contributed by atoms with Crippen LogP contribution in [0.4, 0.5) is 4.39 Å². The summed E-state index contributed by atoms with van der Waals surface area (Å²) in [5.41, 5.74) is 0.425. The van der Waals surface area contributed by atoms with Crippen molar-refractivity contribution in [3.05, 3.63) is 35.6 Å². The molecule has 6 heteroatoms. The van der Waals surface area contributed by atoms with Crippen LogP contribution in [0.1, 0.15) is 36.0 Å². The Morgan fingerprint density at radius 2 is 2.00 bits per heavy atom. The first-order valence-electron chi connectivity index (χ1n) is 8.46. The fourth-order valence-corrected chi connectivity index (χ4v) is 3.82. The van der Waals surface area contributed by atoms with Gasteiger partial charge in [0, 0.05) is 38.2 Å². The Balaban J connectivity index is 1.63. The number of benzene rings is 1. The molecule has 1 spiro atoms. The molecule has 2 fully saturated rings. The molecular formula is C18H23FN2O3. The number of aliphatic hydroxyl groups is 1. The number of β-amino-alcohol motifs (C(OH)–C–C–N with tert-alkyl or cyclic N) is 1. The molecule has 0 saturated carbocycles. The summed E-state index contributed by atoms with van der Waals surface area (Å²) in [6.07, 6.45) is 3.03. The highest BCUT2D eigenvalue weighted by atomic mass is 19.1. The molecule has 1 N–H and O–H groups in total. The van der Waals surface area contributed by atoms with Crippen LogP contribution in [0, 0.1) is 11.2 Å². The van der Waals surface area contributed by atoms with Gasteiger partial charge in [-0.3, -0.25) is 9.59 Å². The summed E-state index contributed by atoms with van der Waals surface area (Å²) in [5, 5.41) is 9.11. The molecule has 0 radical (unpaired) electrons.